The van der Waals surface area contributed by atoms with Crippen molar-refractivity contribution in [1.29, 1.82) is 0 Å². The van der Waals surface area contributed by atoms with Crippen LogP contribution < -0.4 is 10.2 Å². The van der Waals surface area contributed by atoms with Gasteiger partial charge in [-0.15, -0.1) is 0 Å². The zero-order chi connectivity index (χ0) is 16.4. The molecule has 2 heterocycles. The first-order chi connectivity index (χ1) is 11.1. The second kappa shape index (κ2) is 6.60. The van der Waals surface area contributed by atoms with Gasteiger partial charge in [0.1, 0.15) is 0 Å². The second-order valence-electron chi connectivity index (χ2n) is 6.58. The Labute approximate surface area is 137 Å². The SMILES string of the molecule is CCC1CN(C)c2ccccc2CN1C(=O)C1CCC(=O)NC1. The number of carbonyl (C=O) groups excluding carboxylic acids is 2. The molecule has 2 aliphatic rings. The van der Waals surface area contributed by atoms with Crippen LogP contribution in [0, 0.1) is 5.92 Å². The molecule has 2 unspecified atom stereocenters. The van der Waals surface area contributed by atoms with Crippen LogP contribution >= 0.6 is 0 Å². The summed E-state index contributed by atoms with van der Waals surface area (Å²) in [5, 5.41) is 2.83. The van der Waals surface area contributed by atoms with Gasteiger partial charge in [-0.2, -0.15) is 0 Å². The van der Waals surface area contributed by atoms with Gasteiger partial charge >= 0.3 is 0 Å². The molecule has 0 spiro atoms. The van der Waals surface area contributed by atoms with Crippen LogP contribution in [0.4, 0.5) is 5.69 Å². The molecule has 5 heteroatoms. The van der Waals surface area contributed by atoms with Gasteiger partial charge in [-0.05, 0) is 24.5 Å². The van der Waals surface area contributed by atoms with Gasteiger partial charge in [-0.25, -0.2) is 0 Å². The van der Waals surface area contributed by atoms with Crippen molar-refractivity contribution in [1.82, 2.24) is 10.2 Å². The number of benzene rings is 1. The van der Waals surface area contributed by atoms with E-state index in [1.165, 1.54) is 11.3 Å². The van der Waals surface area contributed by atoms with Crippen LogP contribution in [0.5, 0.6) is 0 Å². The van der Waals surface area contributed by atoms with E-state index in [-0.39, 0.29) is 23.8 Å². The number of anilines is 1. The zero-order valence-corrected chi connectivity index (χ0v) is 13.9. The standard InChI is InChI=1S/C18H25N3O2/c1-3-15-12-20(2)16-7-5-4-6-14(16)11-21(15)18(23)13-8-9-17(22)19-10-13/h4-7,13,15H,3,8-12H2,1-2H3,(H,19,22). The Bertz CT molecular complexity index is 592. The van der Waals surface area contributed by atoms with Gasteiger partial charge in [0.05, 0.1) is 5.92 Å². The Kier molecular flexibility index (Phi) is 4.55. The lowest BCUT2D eigenvalue weighted by molar-refractivity contribution is -0.140. The molecule has 0 aromatic heterocycles. The Morgan fingerprint density at radius 2 is 2.13 bits per heavy atom. The van der Waals surface area contributed by atoms with Crippen molar-refractivity contribution >= 4 is 17.5 Å². The number of likely N-dealkylation sites (N-methyl/N-ethyl adjacent to an activating group) is 1. The monoisotopic (exact) mass is 315 g/mol. The van der Waals surface area contributed by atoms with Crippen molar-refractivity contribution in [3.8, 4) is 0 Å². The average Bonchev–Trinajstić information content (AvgIpc) is 2.72. The van der Waals surface area contributed by atoms with E-state index in [0.29, 0.717) is 25.9 Å². The Balaban J connectivity index is 1.84. The highest BCUT2D eigenvalue weighted by Gasteiger charge is 2.34. The number of para-hydroxylation sites is 1. The van der Waals surface area contributed by atoms with Crippen molar-refractivity contribution in [2.24, 2.45) is 5.92 Å². The van der Waals surface area contributed by atoms with Crippen LogP contribution in [0.3, 0.4) is 0 Å². The van der Waals surface area contributed by atoms with E-state index in [4.69, 9.17) is 0 Å². The van der Waals surface area contributed by atoms with E-state index < -0.39 is 0 Å². The van der Waals surface area contributed by atoms with Crippen molar-refractivity contribution in [2.45, 2.75) is 38.8 Å². The Hall–Kier alpha value is -2.04. The number of amides is 2. The lowest BCUT2D eigenvalue weighted by Gasteiger charge is -2.34. The molecule has 1 aromatic carbocycles. The summed E-state index contributed by atoms with van der Waals surface area (Å²) in [6, 6.07) is 8.51. The lowest BCUT2D eigenvalue weighted by Crippen LogP contribution is -2.49. The molecule has 0 aliphatic carbocycles. The number of carbonyl (C=O) groups is 2. The number of hydrogen-bond acceptors (Lipinski definition) is 3. The molecule has 124 valence electrons. The summed E-state index contributed by atoms with van der Waals surface area (Å²) in [6.07, 6.45) is 2.05. The van der Waals surface area contributed by atoms with Gasteiger partial charge in [0.2, 0.25) is 11.8 Å². The highest BCUT2D eigenvalue weighted by atomic mass is 16.2. The van der Waals surface area contributed by atoms with Crippen LogP contribution in [0.2, 0.25) is 0 Å². The molecule has 2 amide bonds. The van der Waals surface area contributed by atoms with Crippen molar-refractivity contribution < 1.29 is 9.59 Å². The molecule has 1 aromatic rings. The van der Waals surface area contributed by atoms with Crippen LogP contribution in [0.15, 0.2) is 24.3 Å². The number of fused-ring (bicyclic) bond motifs is 1. The quantitative estimate of drug-likeness (QED) is 0.905. The van der Waals surface area contributed by atoms with Gasteiger partial charge in [0.25, 0.3) is 0 Å². The van der Waals surface area contributed by atoms with Crippen LogP contribution in [0.1, 0.15) is 31.7 Å². The lowest BCUT2D eigenvalue weighted by atomic mass is 9.96. The fourth-order valence-corrected chi connectivity index (χ4v) is 3.63. The third kappa shape index (κ3) is 3.19. The van der Waals surface area contributed by atoms with Gasteiger partial charge in [-0.1, -0.05) is 25.1 Å². The van der Waals surface area contributed by atoms with Gasteiger partial charge in [0, 0.05) is 44.8 Å². The van der Waals surface area contributed by atoms with E-state index in [2.05, 4.69) is 36.3 Å². The third-order valence-corrected chi connectivity index (χ3v) is 5.04. The predicted molar refractivity (Wildman–Crippen MR) is 90.1 cm³/mol. The summed E-state index contributed by atoms with van der Waals surface area (Å²) < 4.78 is 0. The number of rotatable bonds is 2. The van der Waals surface area contributed by atoms with Gasteiger partial charge in [-0.3, -0.25) is 9.59 Å². The molecule has 1 fully saturated rings. The van der Waals surface area contributed by atoms with Crippen molar-refractivity contribution in [2.75, 3.05) is 25.0 Å². The molecular weight excluding hydrogens is 290 g/mol. The van der Waals surface area contributed by atoms with E-state index in [1.54, 1.807) is 0 Å². The topological polar surface area (TPSA) is 52.7 Å². The summed E-state index contributed by atoms with van der Waals surface area (Å²) in [4.78, 5) is 28.7. The minimum atomic E-state index is -0.0858. The van der Waals surface area contributed by atoms with Crippen LogP contribution in [-0.2, 0) is 16.1 Å². The summed E-state index contributed by atoms with van der Waals surface area (Å²) >= 11 is 0. The zero-order valence-electron chi connectivity index (χ0n) is 13.9. The molecule has 1 saturated heterocycles. The average molecular weight is 315 g/mol. The van der Waals surface area contributed by atoms with E-state index >= 15 is 0 Å². The highest BCUT2D eigenvalue weighted by Crippen LogP contribution is 2.28. The molecular formula is C18H25N3O2. The maximum atomic E-state index is 13.1. The molecule has 2 aliphatic heterocycles. The van der Waals surface area contributed by atoms with Gasteiger partial charge < -0.3 is 15.1 Å². The second-order valence-corrected chi connectivity index (χ2v) is 6.58. The summed E-state index contributed by atoms with van der Waals surface area (Å²) in [5.74, 6) is 0.154. The number of nitrogens with zero attached hydrogens (tertiary/aromatic N) is 2. The predicted octanol–water partition coefficient (Wildman–Crippen LogP) is 1.77. The minimum Gasteiger partial charge on any atom is -0.372 e. The fourth-order valence-electron chi connectivity index (χ4n) is 3.63. The molecule has 2 atom stereocenters. The van der Waals surface area contributed by atoms with Crippen LogP contribution in [0.25, 0.3) is 0 Å². The number of hydrogen-bond donors (Lipinski definition) is 1. The van der Waals surface area contributed by atoms with Crippen molar-refractivity contribution in [3.05, 3.63) is 29.8 Å². The highest BCUT2D eigenvalue weighted by molar-refractivity contribution is 5.84. The normalized spacial score (nSPS) is 24.7. The summed E-state index contributed by atoms with van der Waals surface area (Å²) in [6.45, 7) is 4.11. The minimum absolute atomic E-state index is 0.0574. The van der Waals surface area contributed by atoms with E-state index in [9.17, 15) is 9.59 Å². The molecule has 0 saturated carbocycles. The van der Waals surface area contributed by atoms with E-state index in [0.717, 1.165) is 13.0 Å². The summed E-state index contributed by atoms with van der Waals surface area (Å²) in [7, 11) is 2.09. The maximum absolute atomic E-state index is 13.1. The molecule has 1 N–H and O–H groups in total. The molecule has 5 nitrogen and oxygen atoms in total. The van der Waals surface area contributed by atoms with E-state index in [1.807, 2.05) is 17.0 Å². The fraction of sp³-hybridized carbons (Fsp3) is 0.556. The first-order valence-electron chi connectivity index (χ1n) is 8.46. The Morgan fingerprint density at radius 1 is 1.35 bits per heavy atom. The maximum Gasteiger partial charge on any atom is 0.228 e. The van der Waals surface area contributed by atoms with Crippen molar-refractivity contribution in [3.63, 3.8) is 0 Å². The summed E-state index contributed by atoms with van der Waals surface area (Å²) in [5.41, 5.74) is 2.40. The first kappa shape index (κ1) is 15.8. The first-order valence-corrected chi connectivity index (χ1v) is 8.46. The van der Waals surface area contributed by atoms with Gasteiger partial charge in [0.15, 0.2) is 0 Å². The molecule has 23 heavy (non-hydrogen) atoms. The third-order valence-electron chi connectivity index (χ3n) is 5.04. The Morgan fingerprint density at radius 3 is 2.83 bits per heavy atom. The molecule has 3 rings (SSSR count). The molecule has 0 bridgehead atoms. The van der Waals surface area contributed by atoms with Crippen LogP contribution in [-0.4, -0.2) is 42.9 Å². The largest absolute Gasteiger partial charge is 0.372 e. The number of nitrogens with one attached hydrogen (secondary N) is 1. The number of piperidine rings is 1. The smallest absolute Gasteiger partial charge is 0.228 e. The molecule has 0 radical (unpaired) electrons.